The van der Waals surface area contributed by atoms with Crippen LogP contribution in [0, 0.1) is 0 Å². The van der Waals surface area contributed by atoms with Gasteiger partial charge in [0.25, 0.3) is 0 Å². The number of carbonyl (C=O) groups is 1. The summed E-state index contributed by atoms with van der Waals surface area (Å²) >= 11 is 1.57. The highest BCUT2D eigenvalue weighted by molar-refractivity contribution is 8.00. The summed E-state index contributed by atoms with van der Waals surface area (Å²) < 4.78 is 0. The van der Waals surface area contributed by atoms with E-state index in [9.17, 15) is 4.79 Å². The fourth-order valence-corrected chi connectivity index (χ4v) is 2.48. The van der Waals surface area contributed by atoms with Crippen molar-refractivity contribution in [2.75, 3.05) is 11.9 Å². The second-order valence-electron chi connectivity index (χ2n) is 3.83. The minimum atomic E-state index is -0.552. The lowest BCUT2D eigenvalue weighted by atomic mass is 10.1. The van der Waals surface area contributed by atoms with E-state index in [0.29, 0.717) is 0 Å². The van der Waals surface area contributed by atoms with E-state index in [2.05, 4.69) is 5.32 Å². The molecule has 0 saturated heterocycles. The molecule has 86 valence electrons. The lowest BCUT2D eigenvalue weighted by Gasteiger charge is -2.09. The highest BCUT2D eigenvalue weighted by atomic mass is 32.2. The number of nitrogens with two attached hydrogens (primary N) is 1. The Balaban J connectivity index is 2.22. The number of anilines is 1. The number of fused-ring (bicyclic) bond motifs is 1. The fourth-order valence-electron chi connectivity index (χ4n) is 1.61. The van der Waals surface area contributed by atoms with Crippen molar-refractivity contribution in [2.24, 2.45) is 5.73 Å². The summed E-state index contributed by atoms with van der Waals surface area (Å²) in [5, 5.41) is 11.8. The minimum absolute atomic E-state index is 0.133. The predicted octanol–water partition coefficient (Wildman–Crippen LogP) is 1.11. The molecule has 1 heterocycles. The first-order valence-electron chi connectivity index (χ1n) is 5.09. The smallest absolute Gasteiger partial charge is 0.245 e. The Labute approximate surface area is 98.2 Å². The molecule has 1 aliphatic heterocycles. The first-order valence-corrected chi connectivity index (χ1v) is 5.97. The molecular weight excluding hydrogens is 224 g/mol. The van der Waals surface area contributed by atoms with Gasteiger partial charge in [-0.15, -0.1) is 11.8 Å². The SMILES string of the molecule is CC(CO)Sc1ccc2c(c1)NC(=O)C2N. The van der Waals surface area contributed by atoms with Gasteiger partial charge in [-0.3, -0.25) is 4.79 Å². The lowest BCUT2D eigenvalue weighted by Crippen LogP contribution is -2.19. The molecule has 2 unspecified atom stereocenters. The van der Waals surface area contributed by atoms with Crippen molar-refractivity contribution in [1.29, 1.82) is 0 Å². The summed E-state index contributed by atoms with van der Waals surface area (Å²) in [6.45, 7) is 2.08. The molecule has 0 fully saturated rings. The van der Waals surface area contributed by atoms with E-state index >= 15 is 0 Å². The standard InChI is InChI=1S/C11H14N2O2S/c1-6(5-14)16-7-2-3-8-9(4-7)13-11(15)10(8)12/h2-4,6,10,14H,5,12H2,1H3,(H,13,15). The van der Waals surface area contributed by atoms with Crippen molar-refractivity contribution >= 4 is 23.4 Å². The Morgan fingerprint density at radius 2 is 2.38 bits per heavy atom. The van der Waals surface area contributed by atoms with E-state index in [4.69, 9.17) is 10.8 Å². The monoisotopic (exact) mass is 238 g/mol. The van der Waals surface area contributed by atoms with Crippen molar-refractivity contribution in [3.05, 3.63) is 23.8 Å². The Bertz CT molecular complexity index is 422. The van der Waals surface area contributed by atoms with Gasteiger partial charge in [-0.1, -0.05) is 13.0 Å². The lowest BCUT2D eigenvalue weighted by molar-refractivity contribution is -0.116. The number of carbonyl (C=O) groups excluding carboxylic acids is 1. The predicted molar refractivity (Wildman–Crippen MR) is 64.4 cm³/mol. The van der Waals surface area contributed by atoms with E-state index in [1.807, 2.05) is 25.1 Å². The van der Waals surface area contributed by atoms with Gasteiger partial charge in [0.15, 0.2) is 0 Å². The van der Waals surface area contributed by atoms with Gasteiger partial charge in [0.05, 0.1) is 6.61 Å². The average molecular weight is 238 g/mol. The van der Waals surface area contributed by atoms with Crippen LogP contribution >= 0.6 is 11.8 Å². The maximum atomic E-state index is 11.3. The van der Waals surface area contributed by atoms with Crippen LogP contribution < -0.4 is 11.1 Å². The van der Waals surface area contributed by atoms with E-state index in [-0.39, 0.29) is 17.8 Å². The fraction of sp³-hybridized carbons (Fsp3) is 0.364. The quantitative estimate of drug-likeness (QED) is 0.690. The summed E-state index contributed by atoms with van der Waals surface area (Å²) in [4.78, 5) is 12.4. The Hall–Kier alpha value is -1.04. The number of amides is 1. The van der Waals surface area contributed by atoms with Crippen molar-refractivity contribution < 1.29 is 9.90 Å². The van der Waals surface area contributed by atoms with Gasteiger partial charge in [-0.05, 0) is 12.1 Å². The van der Waals surface area contributed by atoms with Gasteiger partial charge >= 0.3 is 0 Å². The molecule has 0 bridgehead atoms. The zero-order valence-corrected chi connectivity index (χ0v) is 9.75. The molecule has 1 amide bonds. The molecule has 5 heteroatoms. The molecule has 2 rings (SSSR count). The maximum absolute atomic E-state index is 11.3. The number of rotatable bonds is 3. The third kappa shape index (κ3) is 2.07. The van der Waals surface area contributed by atoms with Crippen molar-refractivity contribution in [2.45, 2.75) is 23.1 Å². The van der Waals surface area contributed by atoms with E-state index in [1.165, 1.54) is 0 Å². The van der Waals surface area contributed by atoms with Gasteiger partial charge in [-0.2, -0.15) is 0 Å². The zero-order valence-electron chi connectivity index (χ0n) is 8.93. The molecule has 1 aliphatic rings. The van der Waals surface area contributed by atoms with Crippen LogP contribution in [0.15, 0.2) is 23.1 Å². The van der Waals surface area contributed by atoms with Crippen LogP contribution in [0.2, 0.25) is 0 Å². The molecule has 1 aromatic carbocycles. The molecule has 2 atom stereocenters. The number of benzene rings is 1. The van der Waals surface area contributed by atoms with Crippen molar-refractivity contribution in [3.63, 3.8) is 0 Å². The first kappa shape index (κ1) is 11.4. The maximum Gasteiger partial charge on any atom is 0.245 e. The van der Waals surface area contributed by atoms with Crippen molar-refractivity contribution in [3.8, 4) is 0 Å². The van der Waals surface area contributed by atoms with Crippen LogP contribution in [0.3, 0.4) is 0 Å². The zero-order chi connectivity index (χ0) is 11.7. The molecule has 16 heavy (non-hydrogen) atoms. The largest absolute Gasteiger partial charge is 0.395 e. The Kier molecular flexibility index (Phi) is 3.18. The van der Waals surface area contributed by atoms with Gasteiger partial charge in [0.1, 0.15) is 6.04 Å². The van der Waals surface area contributed by atoms with E-state index < -0.39 is 6.04 Å². The molecule has 0 spiro atoms. The van der Waals surface area contributed by atoms with E-state index in [1.54, 1.807) is 11.8 Å². The van der Waals surface area contributed by atoms with Gasteiger partial charge in [0, 0.05) is 21.4 Å². The summed E-state index contributed by atoms with van der Waals surface area (Å²) in [6.07, 6.45) is 0. The van der Waals surface area contributed by atoms with Gasteiger partial charge in [-0.25, -0.2) is 0 Å². The highest BCUT2D eigenvalue weighted by Crippen LogP contribution is 2.34. The molecule has 0 aromatic heterocycles. The number of thioether (sulfide) groups is 1. The third-order valence-corrected chi connectivity index (χ3v) is 3.57. The molecule has 1 aromatic rings. The van der Waals surface area contributed by atoms with Gasteiger partial charge < -0.3 is 16.2 Å². The van der Waals surface area contributed by atoms with Crippen LogP contribution in [-0.2, 0) is 4.79 Å². The Morgan fingerprint density at radius 1 is 1.62 bits per heavy atom. The van der Waals surface area contributed by atoms with Crippen LogP contribution in [0.4, 0.5) is 5.69 Å². The molecule has 4 nitrogen and oxygen atoms in total. The Morgan fingerprint density at radius 3 is 3.06 bits per heavy atom. The van der Waals surface area contributed by atoms with E-state index in [0.717, 1.165) is 16.1 Å². The average Bonchev–Trinajstić information content (AvgIpc) is 2.54. The minimum Gasteiger partial charge on any atom is -0.395 e. The van der Waals surface area contributed by atoms with Crippen LogP contribution in [-0.4, -0.2) is 22.9 Å². The van der Waals surface area contributed by atoms with Crippen LogP contribution in [0.25, 0.3) is 0 Å². The van der Waals surface area contributed by atoms with Crippen LogP contribution in [0.5, 0.6) is 0 Å². The molecular formula is C11H14N2O2S. The number of nitrogens with one attached hydrogen (secondary N) is 1. The van der Waals surface area contributed by atoms with Crippen molar-refractivity contribution in [1.82, 2.24) is 0 Å². The normalized spacial score (nSPS) is 20.4. The number of hydrogen-bond acceptors (Lipinski definition) is 4. The topological polar surface area (TPSA) is 75.3 Å². The molecule has 4 N–H and O–H groups in total. The molecule has 0 saturated carbocycles. The van der Waals surface area contributed by atoms with Crippen LogP contribution in [0.1, 0.15) is 18.5 Å². The summed E-state index contributed by atoms with van der Waals surface area (Å²) in [5.74, 6) is -0.160. The third-order valence-electron chi connectivity index (χ3n) is 2.49. The number of hydrogen-bond donors (Lipinski definition) is 3. The highest BCUT2D eigenvalue weighted by Gasteiger charge is 2.26. The first-order chi connectivity index (χ1) is 7.61. The summed E-state index contributed by atoms with van der Waals surface area (Å²) in [7, 11) is 0. The number of aliphatic hydroxyl groups is 1. The summed E-state index contributed by atoms with van der Waals surface area (Å²) in [6, 6.07) is 5.14. The molecule has 0 aliphatic carbocycles. The summed E-state index contributed by atoms with van der Waals surface area (Å²) in [5.41, 5.74) is 7.33. The molecule has 0 radical (unpaired) electrons. The second kappa shape index (κ2) is 4.45. The second-order valence-corrected chi connectivity index (χ2v) is 5.34. The number of aliphatic hydroxyl groups excluding tert-OH is 1. The van der Waals surface area contributed by atoms with Gasteiger partial charge in [0.2, 0.25) is 5.91 Å².